The summed E-state index contributed by atoms with van der Waals surface area (Å²) < 4.78 is 18.3. The fourth-order valence-corrected chi connectivity index (χ4v) is 1.00. The van der Waals surface area contributed by atoms with Crippen molar-refractivity contribution in [2.45, 2.75) is 26.4 Å². The zero-order valence-electron chi connectivity index (χ0n) is 8.47. The minimum atomic E-state index is -0.431. The molecular formula is C11H12FNO. The first-order chi connectivity index (χ1) is 6.42. The number of nitriles is 1. The van der Waals surface area contributed by atoms with Crippen molar-refractivity contribution in [3.63, 3.8) is 0 Å². The maximum atomic E-state index is 12.9. The summed E-state index contributed by atoms with van der Waals surface area (Å²) in [5.41, 5.74) is -0.0827. The second kappa shape index (κ2) is 3.67. The Morgan fingerprint density at radius 2 is 2.00 bits per heavy atom. The maximum absolute atomic E-state index is 12.9. The van der Waals surface area contributed by atoms with Crippen LogP contribution in [0.2, 0.25) is 0 Å². The maximum Gasteiger partial charge on any atom is 0.140 e. The number of hydrogen-bond acceptors (Lipinski definition) is 2. The van der Waals surface area contributed by atoms with Crippen molar-refractivity contribution in [3.8, 4) is 11.8 Å². The Labute approximate surface area is 82.9 Å². The molecule has 1 rings (SSSR count). The molecule has 0 N–H and O–H groups in total. The van der Waals surface area contributed by atoms with Crippen LogP contribution in [-0.4, -0.2) is 5.60 Å². The smallest absolute Gasteiger partial charge is 0.140 e. The summed E-state index contributed by atoms with van der Waals surface area (Å²) in [6.07, 6.45) is 0. The zero-order chi connectivity index (χ0) is 10.8. The van der Waals surface area contributed by atoms with E-state index in [-0.39, 0.29) is 0 Å². The third-order valence-electron chi connectivity index (χ3n) is 1.48. The summed E-state index contributed by atoms with van der Waals surface area (Å²) in [7, 11) is 0. The van der Waals surface area contributed by atoms with E-state index in [1.807, 2.05) is 26.8 Å². The molecule has 0 aromatic heterocycles. The molecule has 1 aromatic carbocycles. The Bertz CT molecular complexity index is 374. The Kier molecular flexibility index (Phi) is 2.76. The first-order valence-corrected chi connectivity index (χ1v) is 4.31. The molecule has 0 spiro atoms. The van der Waals surface area contributed by atoms with E-state index < -0.39 is 11.4 Å². The molecule has 0 unspecified atom stereocenters. The zero-order valence-corrected chi connectivity index (χ0v) is 8.47. The quantitative estimate of drug-likeness (QED) is 0.687. The van der Waals surface area contributed by atoms with Gasteiger partial charge >= 0.3 is 0 Å². The molecule has 0 atom stereocenters. The number of hydrogen-bond donors (Lipinski definition) is 0. The van der Waals surface area contributed by atoms with Crippen molar-refractivity contribution in [3.05, 3.63) is 29.6 Å². The van der Waals surface area contributed by atoms with Crippen LogP contribution in [0.25, 0.3) is 0 Å². The number of rotatable bonds is 1. The summed E-state index contributed by atoms with van der Waals surface area (Å²) >= 11 is 0. The van der Waals surface area contributed by atoms with Crippen molar-refractivity contribution < 1.29 is 9.13 Å². The van der Waals surface area contributed by atoms with E-state index in [1.54, 1.807) is 0 Å². The normalized spacial score (nSPS) is 10.8. The van der Waals surface area contributed by atoms with Crippen LogP contribution in [0.1, 0.15) is 26.3 Å². The van der Waals surface area contributed by atoms with Crippen LogP contribution < -0.4 is 4.74 Å². The molecule has 0 saturated heterocycles. The van der Waals surface area contributed by atoms with Gasteiger partial charge in [-0.2, -0.15) is 5.26 Å². The van der Waals surface area contributed by atoms with Crippen LogP contribution in [0.5, 0.6) is 5.75 Å². The average Bonchev–Trinajstić information content (AvgIpc) is 2.01. The second-order valence-corrected chi connectivity index (χ2v) is 3.97. The van der Waals surface area contributed by atoms with E-state index in [2.05, 4.69) is 0 Å². The van der Waals surface area contributed by atoms with Crippen LogP contribution in [0.3, 0.4) is 0 Å². The Morgan fingerprint density at radius 3 is 2.50 bits per heavy atom. The Balaban J connectivity index is 3.07. The van der Waals surface area contributed by atoms with Crippen LogP contribution in [0, 0.1) is 17.1 Å². The van der Waals surface area contributed by atoms with Gasteiger partial charge in [0.25, 0.3) is 0 Å². The molecule has 3 heteroatoms. The van der Waals surface area contributed by atoms with Crippen molar-refractivity contribution in [1.29, 1.82) is 5.26 Å². The predicted molar refractivity (Wildman–Crippen MR) is 51.5 cm³/mol. The SMILES string of the molecule is CC(C)(C)Oc1cc(F)ccc1C#N. The molecule has 1 aromatic rings. The van der Waals surface area contributed by atoms with Gasteiger partial charge in [0.15, 0.2) is 0 Å². The largest absolute Gasteiger partial charge is 0.487 e. The van der Waals surface area contributed by atoms with Gasteiger partial charge in [-0.1, -0.05) is 0 Å². The molecule has 0 radical (unpaired) electrons. The molecule has 0 heterocycles. The highest BCUT2D eigenvalue weighted by Gasteiger charge is 2.15. The van der Waals surface area contributed by atoms with Gasteiger partial charge < -0.3 is 4.74 Å². The fourth-order valence-electron chi connectivity index (χ4n) is 1.00. The molecule has 0 aliphatic rings. The first-order valence-electron chi connectivity index (χ1n) is 4.31. The van der Waals surface area contributed by atoms with E-state index in [9.17, 15) is 4.39 Å². The molecule has 74 valence electrons. The lowest BCUT2D eigenvalue weighted by Crippen LogP contribution is -2.23. The Morgan fingerprint density at radius 1 is 1.36 bits per heavy atom. The molecule has 0 fully saturated rings. The van der Waals surface area contributed by atoms with Crippen LogP contribution in [0.4, 0.5) is 4.39 Å². The molecule has 0 aliphatic carbocycles. The van der Waals surface area contributed by atoms with Gasteiger partial charge in [0.1, 0.15) is 23.2 Å². The van der Waals surface area contributed by atoms with E-state index in [4.69, 9.17) is 10.00 Å². The van der Waals surface area contributed by atoms with E-state index in [0.29, 0.717) is 11.3 Å². The standard InChI is InChI=1S/C11H12FNO/c1-11(2,3)14-10-6-9(12)5-4-8(10)7-13/h4-6H,1-3H3. The van der Waals surface area contributed by atoms with Crippen LogP contribution in [-0.2, 0) is 0 Å². The van der Waals surface area contributed by atoms with Crippen molar-refractivity contribution in [2.75, 3.05) is 0 Å². The van der Waals surface area contributed by atoms with Gasteiger partial charge in [-0.25, -0.2) is 4.39 Å². The monoisotopic (exact) mass is 193 g/mol. The van der Waals surface area contributed by atoms with Gasteiger partial charge in [-0.3, -0.25) is 0 Å². The van der Waals surface area contributed by atoms with E-state index >= 15 is 0 Å². The van der Waals surface area contributed by atoms with Crippen molar-refractivity contribution in [1.82, 2.24) is 0 Å². The highest BCUT2D eigenvalue weighted by atomic mass is 19.1. The number of benzene rings is 1. The van der Waals surface area contributed by atoms with Gasteiger partial charge in [0, 0.05) is 6.07 Å². The summed E-state index contributed by atoms with van der Waals surface area (Å²) in [4.78, 5) is 0. The Hall–Kier alpha value is -1.56. The van der Waals surface area contributed by atoms with Gasteiger partial charge in [-0.05, 0) is 32.9 Å². The highest BCUT2D eigenvalue weighted by Crippen LogP contribution is 2.23. The topological polar surface area (TPSA) is 33.0 Å². The van der Waals surface area contributed by atoms with Crippen LogP contribution >= 0.6 is 0 Å². The van der Waals surface area contributed by atoms with E-state index in [0.717, 1.165) is 0 Å². The number of nitrogens with zero attached hydrogens (tertiary/aromatic N) is 1. The van der Waals surface area contributed by atoms with Gasteiger partial charge in [0.2, 0.25) is 0 Å². The molecule has 14 heavy (non-hydrogen) atoms. The summed E-state index contributed by atoms with van der Waals surface area (Å²) in [5, 5.41) is 8.75. The minimum absolute atomic E-state index is 0.292. The lowest BCUT2D eigenvalue weighted by Gasteiger charge is -2.21. The predicted octanol–water partition coefficient (Wildman–Crippen LogP) is 2.87. The number of halogens is 1. The summed E-state index contributed by atoms with van der Waals surface area (Å²) in [5.74, 6) is -0.108. The highest BCUT2D eigenvalue weighted by molar-refractivity contribution is 5.43. The lowest BCUT2D eigenvalue weighted by molar-refractivity contribution is 0.130. The van der Waals surface area contributed by atoms with Crippen molar-refractivity contribution in [2.24, 2.45) is 0 Å². The van der Waals surface area contributed by atoms with Crippen LogP contribution in [0.15, 0.2) is 18.2 Å². The minimum Gasteiger partial charge on any atom is -0.487 e. The summed E-state index contributed by atoms with van der Waals surface area (Å²) in [6.45, 7) is 5.54. The molecular weight excluding hydrogens is 181 g/mol. The molecule has 0 bridgehead atoms. The second-order valence-electron chi connectivity index (χ2n) is 3.97. The van der Waals surface area contributed by atoms with Crippen molar-refractivity contribution >= 4 is 0 Å². The molecule has 0 saturated carbocycles. The average molecular weight is 193 g/mol. The lowest BCUT2D eigenvalue weighted by atomic mass is 10.1. The molecule has 0 aliphatic heterocycles. The fraction of sp³-hybridized carbons (Fsp3) is 0.364. The number of ether oxygens (including phenoxy) is 1. The third-order valence-corrected chi connectivity index (χ3v) is 1.48. The third kappa shape index (κ3) is 2.74. The molecule has 2 nitrogen and oxygen atoms in total. The van der Waals surface area contributed by atoms with Gasteiger partial charge in [-0.15, -0.1) is 0 Å². The molecule has 0 amide bonds. The van der Waals surface area contributed by atoms with Gasteiger partial charge in [0.05, 0.1) is 5.56 Å². The van der Waals surface area contributed by atoms with E-state index in [1.165, 1.54) is 18.2 Å². The first kappa shape index (κ1) is 10.5. The summed E-state index contributed by atoms with van der Waals surface area (Å²) in [6, 6.07) is 5.84.